The molecule has 0 radical (unpaired) electrons. The Labute approximate surface area is 142 Å². The van der Waals surface area contributed by atoms with Gasteiger partial charge in [0.2, 0.25) is 10.0 Å². The van der Waals surface area contributed by atoms with E-state index < -0.39 is 14.4 Å². The van der Waals surface area contributed by atoms with Crippen molar-refractivity contribution in [2.75, 3.05) is 37.8 Å². The van der Waals surface area contributed by atoms with E-state index in [9.17, 15) is 8.42 Å². The lowest BCUT2D eigenvalue weighted by Crippen LogP contribution is -2.22. The van der Waals surface area contributed by atoms with Crippen molar-refractivity contribution in [1.29, 1.82) is 0 Å². The van der Waals surface area contributed by atoms with Crippen molar-refractivity contribution in [3.05, 3.63) is 18.2 Å². The number of hydrogen-bond acceptors (Lipinski definition) is 4. The fourth-order valence-electron chi connectivity index (χ4n) is 2.11. The van der Waals surface area contributed by atoms with E-state index in [0.29, 0.717) is 6.54 Å². The van der Waals surface area contributed by atoms with Crippen molar-refractivity contribution in [2.24, 2.45) is 5.92 Å². The average Bonchev–Trinajstić information content (AvgIpc) is 3.05. The van der Waals surface area contributed by atoms with Gasteiger partial charge in [-0.05, 0) is 31.5 Å². The molecule has 0 heterocycles. The summed E-state index contributed by atoms with van der Waals surface area (Å²) in [4.78, 5) is 0.250. The van der Waals surface area contributed by atoms with Crippen LogP contribution in [-0.4, -0.2) is 44.2 Å². The van der Waals surface area contributed by atoms with E-state index in [2.05, 4.69) is 10.6 Å². The van der Waals surface area contributed by atoms with Crippen LogP contribution in [-0.2, 0) is 10.0 Å². The Balaban J connectivity index is 2.24. The molecule has 1 fully saturated rings. The zero-order chi connectivity index (χ0) is 16.5. The number of nitrogens with one attached hydrogen (secondary N) is 2. The van der Waals surface area contributed by atoms with E-state index in [1.54, 1.807) is 18.2 Å². The summed E-state index contributed by atoms with van der Waals surface area (Å²) in [6, 6.07) is 5.01. The highest BCUT2D eigenvalue weighted by molar-refractivity contribution is 7.89. The molecule has 2 N–H and O–H groups in total. The molecule has 0 saturated heterocycles. The molecule has 1 aromatic carbocycles. The summed E-state index contributed by atoms with van der Waals surface area (Å²) in [6.07, 6.45) is 0.745. The molecule has 5 nitrogen and oxygen atoms in total. The van der Waals surface area contributed by atoms with Crippen LogP contribution < -0.4 is 10.6 Å². The average molecular weight is 366 g/mol. The van der Waals surface area contributed by atoms with Crippen molar-refractivity contribution in [1.82, 2.24) is 4.31 Å². The first-order chi connectivity index (χ1) is 10.2. The maximum Gasteiger partial charge on any atom is 0.242 e. The highest BCUT2D eigenvalue weighted by Crippen LogP contribution is 2.53. The first-order valence-electron chi connectivity index (χ1n) is 7.10. The first kappa shape index (κ1) is 17.7. The maximum absolute atomic E-state index is 12.2. The lowest BCUT2D eigenvalue weighted by Gasteiger charge is -2.17. The van der Waals surface area contributed by atoms with E-state index in [1.807, 2.05) is 6.92 Å². The molecule has 0 bridgehead atoms. The maximum atomic E-state index is 12.2. The molecule has 0 amide bonds. The van der Waals surface area contributed by atoms with Crippen LogP contribution >= 0.6 is 23.2 Å². The quantitative estimate of drug-likeness (QED) is 0.729. The predicted molar refractivity (Wildman–Crippen MR) is 92.5 cm³/mol. The van der Waals surface area contributed by atoms with Crippen LogP contribution in [0.25, 0.3) is 0 Å². The third-order valence-corrected chi connectivity index (χ3v) is 6.37. The van der Waals surface area contributed by atoms with Crippen LogP contribution in [0.15, 0.2) is 23.1 Å². The van der Waals surface area contributed by atoms with Gasteiger partial charge in [0.1, 0.15) is 4.33 Å². The minimum atomic E-state index is -3.46. The zero-order valence-corrected chi connectivity index (χ0v) is 15.2. The number of anilines is 2. The fourth-order valence-corrected chi connectivity index (χ4v) is 3.56. The van der Waals surface area contributed by atoms with Crippen LogP contribution in [0, 0.1) is 5.92 Å². The molecule has 22 heavy (non-hydrogen) atoms. The monoisotopic (exact) mass is 365 g/mol. The van der Waals surface area contributed by atoms with Crippen molar-refractivity contribution in [2.45, 2.75) is 22.6 Å². The first-order valence-corrected chi connectivity index (χ1v) is 9.30. The lowest BCUT2D eigenvalue weighted by atomic mass is 10.2. The molecular weight excluding hydrogens is 345 g/mol. The van der Waals surface area contributed by atoms with Crippen LogP contribution in [0.1, 0.15) is 13.3 Å². The van der Waals surface area contributed by atoms with Crippen LogP contribution in [0.3, 0.4) is 0 Å². The smallest absolute Gasteiger partial charge is 0.242 e. The van der Waals surface area contributed by atoms with Crippen molar-refractivity contribution >= 4 is 44.6 Å². The molecule has 0 aliphatic heterocycles. The number of alkyl halides is 2. The Bertz CT molecular complexity index is 647. The summed E-state index contributed by atoms with van der Waals surface area (Å²) in [5, 5.41) is 6.46. The van der Waals surface area contributed by atoms with E-state index in [-0.39, 0.29) is 10.8 Å². The molecule has 1 aliphatic rings. The fraction of sp³-hybridized carbons (Fsp3) is 0.571. The second-order valence-corrected chi connectivity index (χ2v) is 9.26. The number of rotatable bonds is 7. The molecule has 8 heteroatoms. The van der Waals surface area contributed by atoms with E-state index in [0.717, 1.165) is 24.3 Å². The Hall–Kier alpha value is -0.690. The molecule has 1 aromatic rings. The van der Waals surface area contributed by atoms with Gasteiger partial charge in [0.15, 0.2) is 0 Å². The second-order valence-electron chi connectivity index (χ2n) is 5.57. The molecule has 0 aromatic heterocycles. The van der Waals surface area contributed by atoms with Crippen molar-refractivity contribution in [3.8, 4) is 0 Å². The summed E-state index contributed by atoms with van der Waals surface area (Å²) >= 11 is 12.1. The third-order valence-electron chi connectivity index (χ3n) is 3.63. The number of benzene rings is 1. The van der Waals surface area contributed by atoms with Crippen molar-refractivity contribution < 1.29 is 8.42 Å². The summed E-state index contributed by atoms with van der Waals surface area (Å²) in [5.74, 6) is 0.180. The highest BCUT2D eigenvalue weighted by atomic mass is 35.5. The number of halogens is 2. The van der Waals surface area contributed by atoms with Crippen LogP contribution in [0.4, 0.5) is 11.4 Å². The van der Waals surface area contributed by atoms with E-state index in [4.69, 9.17) is 23.2 Å². The van der Waals surface area contributed by atoms with Gasteiger partial charge in [-0.25, -0.2) is 12.7 Å². The zero-order valence-electron chi connectivity index (χ0n) is 12.9. The SMILES string of the molecule is CCNc1ccc(S(=O)(=O)N(C)C)cc1NC[C@@H]1CC1(Cl)Cl. The number of hydrogen-bond donors (Lipinski definition) is 2. The molecule has 0 unspecified atom stereocenters. The minimum absolute atomic E-state index is 0.180. The molecule has 1 aliphatic carbocycles. The summed E-state index contributed by atoms with van der Waals surface area (Å²) in [7, 11) is -0.435. The van der Waals surface area contributed by atoms with E-state index in [1.165, 1.54) is 18.4 Å². The highest BCUT2D eigenvalue weighted by Gasteiger charge is 2.51. The molecular formula is C14H21Cl2N3O2S. The Kier molecular flexibility index (Phi) is 5.16. The Morgan fingerprint density at radius 2 is 1.91 bits per heavy atom. The molecule has 1 saturated carbocycles. The summed E-state index contributed by atoms with van der Waals surface area (Å²) in [5.41, 5.74) is 1.59. The normalized spacial score (nSPS) is 20.0. The molecule has 0 spiro atoms. The second kappa shape index (κ2) is 6.43. The van der Waals surface area contributed by atoms with Gasteiger partial charge in [-0.3, -0.25) is 0 Å². The molecule has 2 rings (SSSR count). The standard InChI is InChI=1S/C14H21Cl2N3O2S/c1-4-17-12-6-5-11(22(20,21)19(2)3)7-13(12)18-9-10-8-14(10,15)16/h5-7,10,17-18H,4,8-9H2,1-3H3/t10-/m0/s1. The molecule has 1 atom stereocenters. The Morgan fingerprint density at radius 1 is 1.27 bits per heavy atom. The predicted octanol–water partition coefficient (Wildman–Crippen LogP) is 2.97. The van der Waals surface area contributed by atoms with E-state index >= 15 is 0 Å². The summed E-state index contributed by atoms with van der Waals surface area (Å²) in [6.45, 7) is 3.33. The number of sulfonamides is 1. The third kappa shape index (κ3) is 3.79. The van der Waals surface area contributed by atoms with Gasteiger partial charge in [-0.15, -0.1) is 23.2 Å². The van der Waals surface area contributed by atoms with Crippen molar-refractivity contribution in [3.63, 3.8) is 0 Å². The Morgan fingerprint density at radius 3 is 2.41 bits per heavy atom. The largest absolute Gasteiger partial charge is 0.384 e. The van der Waals surface area contributed by atoms with Crippen LogP contribution in [0.5, 0.6) is 0 Å². The van der Waals surface area contributed by atoms with Gasteiger partial charge in [-0.1, -0.05) is 0 Å². The van der Waals surface area contributed by atoms with Gasteiger partial charge in [-0.2, -0.15) is 0 Å². The minimum Gasteiger partial charge on any atom is -0.384 e. The van der Waals surface area contributed by atoms with Crippen LogP contribution in [0.2, 0.25) is 0 Å². The van der Waals surface area contributed by atoms with Gasteiger partial charge >= 0.3 is 0 Å². The van der Waals surface area contributed by atoms with Gasteiger partial charge in [0, 0.05) is 33.1 Å². The summed E-state index contributed by atoms with van der Waals surface area (Å²) < 4.78 is 25.0. The van der Waals surface area contributed by atoms with Gasteiger partial charge in [0.05, 0.1) is 16.3 Å². The number of nitrogens with zero attached hydrogens (tertiary/aromatic N) is 1. The van der Waals surface area contributed by atoms with Gasteiger partial charge < -0.3 is 10.6 Å². The topological polar surface area (TPSA) is 61.4 Å². The molecule has 124 valence electrons. The lowest BCUT2D eigenvalue weighted by molar-refractivity contribution is 0.521. The van der Waals surface area contributed by atoms with Gasteiger partial charge in [0.25, 0.3) is 0 Å².